The third-order valence-electron chi connectivity index (χ3n) is 5.61. The minimum absolute atomic E-state index is 0. The Morgan fingerprint density at radius 1 is 0.967 bits per heavy atom. The van der Waals surface area contributed by atoms with Gasteiger partial charge in [0.05, 0.1) is 0 Å². The average Bonchev–Trinajstić information content (AvgIpc) is 2.69. The van der Waals surface area contributed by atoms with Crippen LogP contribution in [0.4, 0.5) is 8.78 Å². The van der Waals surface area contributed by atoms with E-state index in [2.05, 4.69) is 4.90 Å². The van der Waals surface area contributed by atoms with Crippen LogP contribution < -0.4 is 0 Å². The molecule has 0 radical (unpaired) electrons. The van der Waals surface area contributed by atoms with Crippen LogP contribution in [0, 0.1) is 17.6 Å². The van der Waals surface area contributed by atoms with Crippen molar-refractivity contribution in [2.75, 3.05) is 19.6 Å². The highest BCUT2D eigenvalue weighted by Crippen LogP contribution is 2.42. The van der Waals surface area contributed by atoms with Gasteiger partial charge in [0.1, 0.15) is 17.2 Å². The first-order chi connectivity index (χ1) is 13.4. The molecule has 0 aliphatic carbocycles. The highest BCUT2D eigenvalue weighted by atomic mass is 35.5. The van der Waals surface area contributed by atoms with Crippen LogP contribution in [0.2, 0.25) is 0 Å². The molecule has 1 saturated heterocycles. The van der Waals surface area contributed by atoms with E-state index < -0.39 is 11.6 Å². The number of carbonyl (C=O) groups is 1. The largest absolute Gasteiger partial charge is 0.481 e. The second-order valence-corrected chi connectivity index (χ2v) is 7.39. The maximum absolute atomic E-state index is 13.4. The lowest BCUT2D eigenvalue weighted by Gasteiger charge is -2.42. The summed E-state index contributed by atoms with van der Waals surface area (Å²) in [6, 6.07) is 11.6. The number of halogens is 3. The third-order valence-corrected chi connectivity index (χ3v) is 5.61. The standard InChI is InChI=1S/C22H25F2NO3.ClH.H2O/c23-19-7-3-16(4-8-19)22(28,17-5-9-20(24)10-6-17)18-11-14-25(15-12-18)13-1-2-21(26)27;;/h3-10,18,28H,1-2,11-15H2,(H,26,27);1H;1H2. The third kappa shape index (κ3) is 5.98. The molecule has 0 bridgehead atoms. The molecular formula is C22H28ClF2NO4. The molecule has 0 atom stereocenters. The van der Waals surface area contributed by atoms with Crippen molar-refractivity contribution in [3.63, 3.8) is 0 Å². The van der Waals surface area contributed by atoms with Gasteiger partial charge in [-0.25, -0.2) is 8.78 Å². The van der Waals surface area contributed by atoms with E-state index in [-0.39, 0.29) is 41.9 Å². The van der Waals surface area contributed by atoms with Gasteiger partial charge in [-0.15, -0.1) is 12.4 Å². The molecule has 2 aromatic rings. The van der Waals surface area contributed by atoms with Gasteiger partial charge >= 0.3 is 5.97 Å². The Bertz CT molecular complexity index is 748. The number of aliphatic carboxylic acids is 1. The topological polar surface area (TPSA) is 92.3 Å². The highest BCUT2D eigenvalue weighted by Gasteiger charge is 2.41. The average molecular weight is 444 g/mol. The van der Waals surface area contributed by atoms with E-state index in [4.69, 9.17) is 5.11 Å². The van der Waals surface area contributed by atoms with Crippen LogP contribution in [0.1, 0.15) is 36.8 Å². The van der Waals surface area contributed by atoms with Crippen LogP contribution in [-0.4, -0.2) is 46.2 Å². The Morgan fingerprint density at radius 2 is 1.40 bits per heavy atom. The maximum Gasteiger partial charge on any atom is 0.303 e. The van der Waals surface area contributed by atoms with Gasteiger partial charge in [-0.3, -0.25) is 4.79 Å². The number of piperidine rings is 1. The summed E-state index contributed by atoms with van der Waals surface area (Å²) in [5.74, 6) is -1.66. The maximum atomic E-state index is 13.4. The number of benzene rings is 2. The van der Waals surface area contributed by atoms with Gasteiger partial charge in [0.25, 0.3) is 0 Å². The summed E-state index contributed by atoms with van der Waals surface area (Å²) in [5, 5.41) is 20.5. The second kappa shape index (κ2) is 11.4. The fourth-order valence-corrected chi connectivity index (χ4v) is 4.07. The van der Waals surface area contributed by atoms with Gasteiger partial charge in [-0.1, -0.05) is 24.3 Å². The van der Waals surface area contributed by atoms with Gasteiger partial charge in [0.15, 0.2) is 0 Å². The van der Waals surface area contributed by atoms with Crippen molar-refractivity contribution < 1.29 is 29.3 Å². The molecule has 8 heteroatoms. The first-order valence-electron chi connectivity index (χ1n) is 9.58. The number of nitrogens with zero attached hydrogens (tertiary/aromatic N) is 1. The van der Waals surface area contributed by atoms with Crippen LogP contribution in [-0.2, 0) is 10.4 Å². The van der Waals surface area contributed by atoms with E-state index in [0.29, 0.717) is 36.9 Å². The number of carboxylic acid groups (broad SMARTS) is 1. The first kappa shape index (κ1) is 26.0. The van der Waals surface area contributed by atoms with Gasteiger partial charge in [-0.2, -0.15) is 0 Å². The Morgan fingerprint density at radius 3 is 1.80 bits per heavy atom. The lowest BCUT2D eigenvalue weighted by molar-refractivity contribution is -0.137. The Kier molecular flexibility index (Phi) is 9.84. The predicted molar refractivity (Wildman–Crippen MR) is 113 cm³/mol. The highest BCUT2D eigenvalue weighted by molar-refractivity contribution is 5.85. The number of rotatable bonds is 7. The van der Waals surface area contributed by atoms with E-state index in [1.54, 1.807) is 24.3 Å². The molecule has 5 nitrogen and oxygen atoms in total. The van der Waals surface area contributed by atoms with E-state index in [9.17, 15) is 18.7 Å². The minimum Gasteiger partial charge on any atom is -0.481 e. The molecule has 0 saturated carbocycles. The zero-order chi connectivity index (χ0) is 20.1. The summed E-state index contributed by atoms with van der Waals surface area (Å²) in [5.41, 5.74) is -0.163. The van der Waals surface area contributed by atoms with E-state index >= 15 is 0 Å². The number of hydrogen-bond donors (Lipinski definition) is 2. The summed E-state index contributed by atoms with van der Waals surface area (Å²) in [6.07, 6.45) is 2.16. The molecule has 1 fully saturated rings. The summed E-state index contributed by atoms with van der Waals surface area (Å²) >= 11 is 0. The molecule has 30 heavy (non-hydrogen) atoms. The molecule has 1 aliphatic rings. The molecule has 1 heterocycles. The molecule has 4 N–H and O–H groups in total. The Balaban J connectivity index is 0.00000225. The van der Waals surface area contributed by atoms with Crippen molar-refractivity contribution in [3.05, 3.63) is 71.3 Å². The molecule has 3 rings (SSSR count). The van der Waals surface area contributed by atoms with Crippen LogP contribution in [0.5, 0.6) is 0 Å². The van der Waals surface area contributed by atoms with Crippen molar-refractivity contribution in [3.8, 4) is 0 Å². The second-order valence-electron chi connectivity index (χ2n) is 7.39. The molecule has 0 spiro atoms. The normalized spacial score (nSPS) is 15.2. The smallest absolute Gasteiger partial charge is 0.303 e. The van der Waals surface area contributed by atoms with E-state index in [0.717, 1.165) is 13.1 Å². The molecule has 2 aromatic carbocycles. The van der Waals surface area contributed by atoms with Crippen LogP contribution in [0.3, 0.4) is 0 Å². The first-order valence-corrected chi connectivity index (χ1v) is 9.58. The predicted octanol–water partition coefficient (Wildman–Crippen LogP) is 3.37. The summed E-state index contributed by atoms with van der Waals surface area (Å²) in [7, 11) is 0. The Hall–Kier alpha value is -2.06. The number of carboxylic acids is 1. The number of hydrogen-bond acceptors (Lipinski definition) is 3. The molecule has 0 aromatic heterocycles. The van der Waals surface area contributed by atoms with Crippen molar-refractivity contribution in [1.82, 2.24) is 4.90 Å². The van der Waals surface area contributed by atoms with Gasteiger partial charge in [0.2, 0.25) is 0 Å². The Labute approximate surface area is 181 Å². The summed E-state index contributed by atoms with van der Waals surface area (Å²) < 4.78 is 26.8. The molecule has 166 valence electrons. The summed E-state index contributed by atoms with van der Waals surface area (Å²) in [4.78, 5) is 12.9. The fraction of sp³-hybridized carbons (Fsp3) is 0.409. The lowest BCUT2D eigenvalue weighted by Crippen LogP contribution is -2.44. The van der Waals surface area contributed by atoms with Crippen LogP contribution in [0.25, 0.3) is 0 Å². The molecule has 1 aliphatic heterocycles. The SMILES string of the molecule is Cl.O.O=C(O)CCCN1CCC(C(O)(c2ccc(F)cc2)c2ccc(F)cc2)CC1. The minimum atomic E-state index is -1.34. The lowest BCUT2D eigenvalue weighted by atomic mass is 9.72. The van der Waals surface area contributed by atoms with E-state index in [1.807, 2.05) is 0 Å². The van der Waals surface area contributed by atoms with Crippen LogP contribution in [0.15, 0.2) is 48.5 Å². The number of likely N-dealkylation sites (tertiary alicyclic amines) is 1. The number of aliphatic hydroxyl groups is 1. The quantitative estimate of drug-likeness (QED) is 0.686. The fourth-order valence-electron chi connectivity index (χ4n) is 4.07. The van der Waals surface area contributed by atoms with Crippen molar-refractivity contribution in [1.29, 1.82) is 0 Å². The monoisotopic (exact) mass is 443 g/mol. The van der Waals surface area contributed by atoms with Crippen LogP contribution >= 0.6 is 12.4 Å². The van der Waals surface area contributed by atoms with Crippen molar-refractivity contribution in [2.24, 2.45) is 5.92 Å². The zero-order valence-corrected chi connectivity index (χ0v) is 17.4. The van der Waals surface area contributed by atoms with Gasteiger partial charge < -0.3 is 20.6 Å². The van der Waals surface area contributed by atoms with Crippen molar-refractivity contribution in [2.45, 2.75) is 31.3 Å². The summed E-state index contributed by atoms with van der Waals surface area (Å²) in [6.45, 7) is 2.20. The molecule has 0 unspecified atom stereocenters. The van der Waals surface area contributed by atoms with E-state index in [1.165, 1.54) is 24.3 Å². The zero-order valence-electron chi connectivity index (χ0n) is 16.6. The molecular weight excluding hydrogens is 416 g/mol. The van der Waals surface area contributed by atoms with Crippen molar-refractivity contribution >= 4 is 18.4 Å². The van der Waals surface area contributed by atoms with Gasteiger partial charge in [0, 0.05) is 6.42 Å². The van der Waals surface area contributed by atoms with Gasteiger partial charge in [-0.05, 0) is 80.2 Å². The molecule has 0 amide bonds.